The second-order valence-electron chi connectivity index (χ2n) is 1.90. The second-order valence-corrected chi connectivity index (χ2v) is 3.03. The fourth-order valence-corrected chi connectivity index (χ4v) is 1.91. The zero-order valence-electron chi connectivity index (χ0n) is 7.39. The molecule has 11 heavy (non-hydrogen) atoms. The van der Waals surface area contributed by atoms with Gasteiger partial charge in [0.05, 0.1) is 0 Å². The van der Waals surface area contributed by atoms with Crippen LogP contribution in [0.5, 0.6) is 0 Å². The van der Waals surface area contributed by atoms with Crippen LogP contribution in [0.25, 0.3) is 0 Å². The summed E-state index contributed by atoms with van der Waals surface area (Å²) in [5.41, 5.74) is 1.36. The molecule has 1 heterocycles. The summed E-state index contributed by atoms with van der Waals surface area (Å²) >= 11 is 1.87. The lowest BCUT2D eigenvalue weighted by atomic mass is 10.2. The van der Waals surface area contributed by atoms with Crippen molar-refractivity contribution in [3.05, 3.63) is 35.8 Å². The van der Waals surface area contributed by atoms with Crippen molar-refractivity contribution >= 4 is 11.8 Å². The van der Waals surface area contributed by atoms with Gasteiger partial charge in [-0.15, -0.1) is 11.8 Å². The third-order valence-electron chi connectivity index (χ3n) is 1.38. The van der Waals surface area contributed by atoms with E-state index in [1.165, 1.54) is 16.2 Å². The molecule has 62 valence electrons. The van der Waals surface area contributed by atoms with Gasteiger partial charge in [-0.1, -0.05) is 39.2 Å². The first-order chi connectivity index (χ1) is 5.38. The van der Waals surface area contributed by atoms with Crippen LogP contribution in [0, 0.1) is 0 Å². The van der Waals surface area contributed by atoms with Gasteiger partial charge in [-0.3, -0.25) is 0 Å². The van der Waals surface area contributed by atoms with Crippen LogP contribution >= 0.6 is 11.8 Å². The number of allylic oxidation sites excluding steroid dienone is 3. The van der Waals surface area contributed by atoms with Crippen molar-refractivity contribution < 1.29 is 0 Å². The third kappa shape index (κ3) is 2.98. The lowest BCUT2D eigenvalue weighted by Gasteiger charge is -1.90. The van der Waals surface area contributed by atoms with E-state index in [0.29, 0.717) is 0 Å². The standard InChI is InChI=1S/C8H10S.C2H6/c1-3-7-5-6-9-8(7)4-2;1-2/h3-4H,1-2,5-6H2;1-2H3. The molecule has 1 rings (SSSR count). The van der Waals surface area contributed by atoms with Crippen molar-refractivity contribution in [2.75, 3.05) is 5.75 Å². The Balaban J connectivity index is 0.000000461. The summed E-state index contributed by atoms with van der Waals surface area (Å²) in [5.74, 6) is 1.20. The molecule has 0 nitrogen and oxygen atoms in total. The van der Waals surface area contributed by atoms with Gasteiger partial charge in [-0.2, -0.15) is 0 Å². The summed E-state index contributed by atoms with van der Waals surface area (Å²) < 4.78 is 0. The van der Waals surface area contributed by atoms with Gasteiger partial charge in [0, 0.05) is 10.7 Å². The molecule has 0 bridgehead atoms. The fourth-order valence-electron chi connectivity index (χ4n) is 0.880. The van der Waals surface area contributed by atoms with Gasteiger partial charge < -0.3 is 0 Å². The van der Waals surface area contributed by atoms with E-state index in [0.717, 1.165) is 6.42 Å². The number of rotatable bonds is 2. The first kappa shape index (κ1) is 10.6. The summed E-state index contributed by atoms with van der Waals surface area (Å²) in [6.07, 6.45) is 5.00. The Bertz CT molecular complexity index is 148. The van der Waals surface area contributed by atoms with Crippen molar-refractivity contribution in [1.82, 2.24) is 0 Å². The molecule has 0 fully saturated rings. The van der Waals surface area contributed by atoms with E-state index in [-0.39, 0.29) is 0 Å². The Hall–Kier alpha value is -0.430. The van der Waals surface area contributed by atoms with Crippen LogP contribution in [0.1, 0.15) is 20.3 Å². The molecule has 0 atom stereocenters. The quantitative estimate of drug-likeness (QED) is 0.604. The molecule has 0 spiro atoms. The Kier molecular flexibility index (Phi) is 6.05. The van der Waals surface area contributed by atoms with Gasteiger partial charge in [-0.05, 0) is 12.0 Å². The third-order valence-corrected chi connectivity index (χ3v) is 2.53. The maximum Gasteiger partial charge on any atom is 0.00983 e. The Labute approximate surface area is 74.1 Å². The maximum absolute atomic E-state index is 3.72. The minimum atomic E-state index is 1.16. The normalized spacial score (nSPS) is 15.5. The highest BCUT2D eigenvalue weighted by Gasteiger charge is 2.08. The van der Waals surface area contributed by atoms with Gasteiger partial charge in [0.25, 0.3) is 0 Å². The summed E-state index contributed by atoms with van der Waals surface area (Å²) in [6.45, 7) is 11.4. The van der Waals surface area contributed by atoms with E-state index in [2.05, 4.69) is 13.2 Å². The molecule has 0 aromatic rings. The molecule has 0 N–H and O–H groups in total. The van der Waals surface area contributed by atoms with Crippen molar-refractivity contribution in [2.24, 2.45) is 0 Å². The predicted molar refractivity (Wildman–Crippen MR) is 55.8 cm³/mol. The van der Waals surface area contributed by atoms with E-state index in [4.69, 9.17) is 0 Å². The molecule has 0 saturated heterocycles. The summed E-state index contributed by atoms with van der Waals surface area (Å²) in [6, 6.07) is 0. The van der Waals surface area contributed by atoms with Crippen LogP contribution in [-0.2, 0) is 0 Å². The number of hydrogen-bond donors (Lipinski definition) is 0. The monoisotopic (exact) mass is 168 g/mol. The number of hydrogen-bond acceptors (Lipinski definition) is 1. The average molecular weight is 168 g/mol. The zero-order chi connectivity index (χ0) is 8.69. The lowest BCUT2D eigenvalue weighted by Crippen LogP contribution is -1.71. The molecule has 0 aromatic heterocycles. The molecular weight excluding hydrogens is 152 g/mol. The minimum Gasteiger partial charge on any atom is -0.126 e. The molecule has 0 radical (unpaired) electrons. The molecule has 0 aliphatic carbocycles. The SMILES string of the molecule is C=CC1=C(C=C)SCC1.CC. The zero-order valence-corrected chi connectivity index (χ0v) is 8.21. The van der Waals surface area contributed by atoms with Crippen LogP contribution in [0.3, 0.4) is 0 Å². The molecule has 0 saturated carbocycles. The van der Waals surface area contributed by atoms with E-state index >= 15 is 0 Å². The van der Waals surface area contributed by atoms with Crippen LogP contribution < -0.4 is 0 Å². The molecule has 0 amide bonds. The second kappa shape index (κ2) is 6.29. The molecule has 1 heteroatoms. The highest BCUT2D eigenvalue weighted by Crippen LogP contribution is 2.31. The van der Waals surface area contributed by atoms with Crippen LogP contribution in [0.2, 0.25) is 0 Å². The Morgan fingerprint density at radius 3 is 2.27 bits per heavy atom. The predicted octanol–water partition coefficient (Wildman–Crippen LogP) is 3.78. The Morgan fingerprint density at radius 1 is 1.27 bits per heavy atom. The van der Waals surface area contributed by atoms with E-state index in [9.17, 15) is 0 Å². The smallest absolute Gasteiger partial charge is 0.00983 e. The lowest BCUT2D eigenvalue weighted by molar-refractivity contribution is 1.20. The van der Waals surface area contributed by atoms with Gasteiger partial charge in [0.15, 0.2) is 0 Å². The molecule has 1 aliphatic heterocycles. The Morgan fingerprint density at radius 2 is 1.91 bits per heavy atom. The highest BCUT2D eigenvalue weighted by atomic mass is 32.2. The van der Waals surface area contributed by atoms with Gasteiger partial charge >= 0.3 is 0 Å². The van der Waals surface area contributed by atoms with Crippen molar-refractivity contribution in [3.63, 3.8) is 0 Å². The largest absolute Gasteiger partial charge is 0.126 e. The summed E-state index contributed by atoms with van der Waals surface area (Å²) in [4.78, 5) is 1.31. The van der Waals surface area contributed by atoms with E-state index in [1.807, 2.05) is 37.8 Å². The van der Waals surface area contributed by atoms with Crippen LogP contribution in [0.4, 0.5) is 0 Å². The summed E-state index contributed by atoms with van der Waals surface area (Å²) in [7, 11) is 0. The fraction of sp³-hybridized carbons (Fsp3) is 0.400. The first-order valence-electron chi connectivity index (χ1n) is 3.99. The van der Waals surface area contributed by atoms with Gasteiger partial charge in [-0.25, -0.2) is 0 Å². The maximum atomic E-state index is 3.72. The molecular formula is C10H16S. The van der Waals surface area contributed by atoms with E-state index < -0.39 is 0 Å². The molecule has 1 aliphatic rings. The molecule has 0 aromatic carbocycles. The van der Waals surface area contributed by atoms with Gasteiger partial charge in [0.1, 0.15) is 0 Å². The van der Waals surface area contributed by atoms with Crippen LogP contribution in [0.15, 0.2) is 35.8 Å². The average Bonchev–Trinajstić information content (AvgIpc) is 2.54. The van der Waals surface area contributed by atoms with Crippen molar-refractivity contribution in [1.29, 1.82) is 0 Å². The highest BCUT2D eigenvalue weighted by molar-refractivity contribution is 8.03. The van der Waals surface area contributed by atoms with Crippen LogP contribution in [-0.4, -0.2) is 5.75 Å². The minimum absolute atomic E-state index is 1.16. The van der Waals surface area contributed by atoms with Crippen molar-refractivity contribution in [3.8, 4) is 0 Å². The topological polar surface area (TPSA) is 0 Å². The first-order valence-corrected chi connectivity index (χ1v) is 4.98. The number of thioether (sulfide) groups is 1. The van der Waals surface area contributed by atoms with E-state index in [1.54, 1.807) is 0 Å². The van der Waals surface area contributed by atoms with Crippen molar-refractivity contribution in [2.45, 2.75) is 20.3 Å². The van der Waals surface area contributed by atoms with Gasteiger partial charge in [0.2, 0.25) is 0 Å². The molecule has 0 unspecified atom stereocenters. The summed E-state index contributed by atoms with van der Waals surface area (Å²) in [5, 5.41) is 0.